The summed E-state index contributed by atoms with van der Waals surface area (Å²) >= 11 is 1.62. The van der Waals surface area contributed by atoms with Gasteiger partial charge in [0.05, 0.1) is 35.0 Å². The number of carbonyl (C=O) groups is 2. The summed E-state index contributed by atoms with van der Waals surface area (Å²) in [5, 5.41) is 8.97. The smallest absolute Gasteiger partial charge is 0.247 e. The second-order valence-corrected chi connectivity index (χ2v) is 8.25. The molecule has 2 heterocycles. The van der Waals surface area contributed by atoms with E-state index in [2.05, 4.69) is 22.5 Å². The van der Waals surface area contributed by atoms with E-state index >= 15 is 0 Å². The number of anilines is 3. The summed E-state index contributed by atoms with van der Waals surface area (Å²) in [4.78, 5) is 32.4. The van der Waals surface area contributed by atoms with Crippen molar-refractivity contribution < 1.29 is 9.59 Å². The highest BCUT2D eigenvalue weighted by Gasteiger charge is 2.34. The molecule has 0 aliphatic carbocycles. The zero-order chi connectivity index (χ0) is 21.1. The van der Waals surface area contributed by atoms with Crippen molar-refractivity contribution in [3.05, 3.63) is 70.2 Å². The first-order valence-electron chi connectivity index (χ1n) is 10.0. The van der Waals surface area contributed by atoms with Crippen LogP contribution >= 0.6 is 11.3 Å². The van der Waals surface area contributed by atoms with Crippen LogP contribution < -0.4 is 15.5 Å². The molecule has 0 saturated carbocycles. The van der Waals surface area contributed by atoms with Crippen LogP contribution in [0.3, 0.4) is 0 Å². The van der Waals surface area contributed by atoms with Crippen LogP contribution in [0.2, 0.25) is 0 Å². The van der Waals surface area contributed by atoms with Crippen LogP contribution in [0.15, 0.2) is 53.9 Å². The van der Waals surface area contributed by atoms with Gasteiger partial charge in [0.1, 0.15) is 6.04 Å². The van der Waals surface area contributed by atoms with Crippen molar-refractivity contribution >= 4 is 40.2 Å². The average Bonchev–Trinajstić information content (AvgIpc) is 3.20. The molecule has 0 radical (unpaired) electrons. The van der Waals surface area contributed by atoms with Crippen LogP contribution in [0.5, 0.6) is 0 Å². The Morgan fingerprint density at radius 3 is 2.73 bits per heavy atom. The van der Waals surface area contributed by atoms with Crippen molar-refractivity contribution in [1.82, 2.24) is 4.98 Å². The molecule has 0 fully saturated rings. The number of hydrogen-bond donors (Lipinski definition) is 2. The van der Waals surface area contributed by atoms with Gasteiger partial charge in [0.2, 0.25) is 11.8 Å². The van der Waals surface area contributed by atoms with Crippen LogP contribution in [-0.2, 0) is 22.6 Å². The molecule has 1 aliphatic heterocycles. The lowest BCUT2D eigenvalue weighted by Crippen LogP contribution is -2.49. The highest BCUT2D eigenvalue weighted by molar-refractivity contribution is 7.09. The summed E-state index contributed by atoms with van der Waals surface area (Å²) in [6.45, 7) is 4.49. The largest absolute Gasteiger partial charge is 0.351 e. The van der Waals surface area contributed by atoms with Gasteiger partial charge in [0, 0.05) is 11.1 Å². The van der Waals surface area contributed by atoms with Gasteiger partial charge in [-0.3, -0.25) is 9.59 Å². The number of rotatable bonds is 6. The number of benzene rings is 2. The monoisotopic (exact) mass is 420 g/mol. The third kappa shape index (κ3) is 4.21. The van der Waals surface area contributed by atoms with Gasteiger partial charge in [-0.25, -0.2) is 4.98 Å². The van der Waals surface area contributed by atoms with Gasteiger partial charge in [-0.15, -0.1) is 11.3 Å². The number of thiazole rings is 1. The predicted octanol–water partition coefficient (Wildman–Crippen LogP) is 4.37. The predicted molar refractivity (Wildman–Crippen MR) is 121 cm³/mol. The third-order valence-electron chi connectivity index (χ3n) is 5.18. The molecular weight excluding hydrogens is 396 g/mol. The summed E-state index contributed by atoms with van der Waals surface area (Å²) in [6.07, 6.45) is 0.934. The fraction of sp³-hybridized carbons (Fsp3) is 0.261. The number of aromatic nitrogens is 1. The van der Waals surface area contributed by atoms with E-state index in [1.807, 2.05) is 65.7 Å². The van der Waals surface area contributed by atoms with Crippen LogP contribution in [0.4, 0.5) is 17.1 Å². The minimum Gasteiger partial charge on any atom is -0.351 e. The molecule has 0 saturated heterocycles. The van der Waals surface area contributed by atoms with Gasteiger partial charge < -0.3 is 15.5 Å². The molecule has 1 aliphatic rings. The molecule has 1 unspecified atom stereocenters. The van der Waals surface area contributed by atoms with Gasteiger partial charge in [-0.2, -0.15) is 0 Å². The SMILES string of the molecule is CCc1nc(CN2c3ccccc3NC(=O)C2CC(=O)Nc2ccccc2C)cs1. The van der Waals surface area contributed by atoms with Crippen molar-refractivity contribution in [3.63, 3.8) is 0 Å². The van der Waals surface area contributed by atoms with Crippen LogP contribution in [0.25, 0.3) is 0 Å². The van der Waals surface area contributed by atoms with Gasteiger partial charge in [-0.1, -0.05) is 37.3 Å². The quantitative estimate of drug-likeness (QED) is 0.621. The number of aryl methyl sites for hydroxylation is 2. The van der Waals surface area contributed by atoms with E-state index in [9.17, 15) is 9.59 Å². The Balaban J connectivity index is 1.59. The zero-order valence-corrected chi connectivity index (χ0v) is 17.8. The highest BCUT2D eigenvalue weighted by Crippen LogP contribution is 2.34. The maximum Gasteiger partial charge on any atom is 0.247 e. The lowest BCUT2D eigenvalue weighted by atomic mass is 10.0. The molecule has 154 valence electrons. The minimum absolute atomic E-state index is 0.0548. The summed E-state index contributed by atoms with van der Waals surface area (Å²) in [5.41, 5.74) is 4.31. The van der Waals surface area contributed by atoms with Crippen LogP contribution in [0.1, 0.15) is 29.6 Å². The lowest BCUT2D eigenvalue weighted by molar-refractivity contribution is -0.122. The van der Waals surface area contributed by atoms with E-state index in [0.717, 1.165) is 39.7 Å². The Bertz CT molecular complexity index is 1080. The van der Waals surface area contributed by atoms with Crippen molar-refractivity contribution in [2.75, 3.05) is 15.5 Å². The molecule has 0 bridgehead atoms. The second kappa shape index (κ2) is 8.67. The second-order valence-electron chi connectivity index (χ2n) is 7.30. The molecule has 3 aromatic rings. The van der Waals surface area contributed by atoms with E-state index in [4.69, 9.17) is 0 Å². The fourth-order valence-corrected chi connectivity index (χ4v) is 4.34. The molecule has 1 aromatic heterocycles. The summed E-state index contributed by atoms with van der Waals surface area (Å²) < 4.78 is 0. The fourth-order valence-electron chi connectivity index (χ4n) is 3.60. The third-order valence-corrected chi connectivity index (χ3v) is 6.22. The van der Waals surface area contributed by atoms with E-state index in [1.54, 1.807) is 11.3 Å². The minimum atomic E-state index is -0.615. The summed E-state index contributed by atoms with van der Waals surface area (Å²) in [7, 11) is 0. The number of fused-ring (bicyclic) bond motifs is 1. The molecule has 4 rings (SSSR count). The molecule has 7 heteroatoms. The Morgan fingerprint density at radius 1 is 1.20 bits per heavy atom. The van der Waals surface area contributed by atoms with E-state index in [1.165, 1.54) is 0 Å². The Labute approximate surface area is 180 Å². The van der Waals surface area contributed by atoms with Gasteiger partial charge in [-0.05, 0) is 37.1 Å². The molecule has 2 amide bonds. The van der Waals surface area contributed by atoms with Gasteiger partial charge in [0.15, 0.2) is 0 Å². The number of hydrogen-bond acceptors (Lipinski definition) is 5. The Kier molecular flexibility index (Phi) is 5.81. The average molecular weight is 421 g/mol. The standard InChI is InChI=1S/C23H24N4O2S/c1-3-22-24-16(14-30-22)13-27-19-11-7-6-10-18(19)26-23(29)20(27)12-21(28)25-17-9-5-4-8-15(17)2/h4-11,14,20H,3,12-13H2,1-2H3,(H,25,28)(H,26,29). The first-order chi connectivity index (χ1) is 14.5. The maximum absolute atomic E-state index is 12.9. The normalized spacial score (nSPS) is 15.5. The van der Waals surface area contributed by atoms with Gasteiger partial charge in [0.25, 0.3) is 0 Å². The van der Waals surface area contributed by atoms with E-state index in [0.29, 0.717) is 6.54 Å². The zero-order valence-electron chi connectivity index (χ0n) is 17.0. The van der Waals surface area contributed by atoms with E-state index < -0.39 is 6.04 Å². The number of nitrogens with zero attached hydrogens (tertiary/aromatic N) is 2. The van der Waals surface area contributed by atoms with Crippen molar-refractivity contribution in [2.24, 2.45) is 0 Å². The van der Waals surface area contributed by atoms with Crippen LogP contribution in [-0.4, -0.2) is 22.8 Å². The van der Waals surface area contributed by atoms with Crippen molar-refractivity contribution in [2.45, 2.75) is 39.3 Å². The number of para-hydroxylation sites is 3. The van der Waals surface area contributed by atoms with Crippen molar-refractivity contribution in [1.29, 1.82) is 0 Å². The van der Waals surface area contributed by atoms with Crippen LogP contribution in [0, 0.1) is 6.92 Å². The maximum atomic E-state index is 12.9. The topological polar surface area (TPSA) is 74.3 Å². The Hall–Kier alpha value is -3.19. The van der Waals surface area contributed by atoms with Crippen molar-refractivity contribution in [3.8, 4) is 0 Å². The first kappa shape index (κ1) is 20.1. The van der Waals surface area contributed by atoms with E-state index in [-0.39, 0.29) is 18.2 Å². The Morgan fingerprint density at radius 2 is 1.97 bits per heavy atom. The summed E-state index contributed by atoms with van der Waals surface area (Å²) in [6, 6.07) is 14.7. The molecule has 1 atom stereocenters. The molecule has 30 heavy (non-hydrogen) atoms. The molecule has 6 nitrogen and oxygen atoms in total. The molecule has 0 spiro atoms. The number of amides is 2. The molecular formula is C23H24N4O2S. The number of nitrogens with one attached hydrogen (secondary N) is 2. The number of carbonyl (C=O) groups excluding carboxylic acids is 2. The summed E-state index contributed by atoms with van der Waals surface area (Å²) in [5.74, 6) is -0.374. The first-order valence-corrected chi connectivity index (χ1v) is 10.9. The molecule has 2 aromatic carbocycles. The highest BCUT2D eigenvalue weighted by atomic mass is 32.1. The molecule has 2 N–H and O–H groups in total. The lowest BCUT2D eigenvalue weighted by Gasteiger charge is -2.37. The van der Waals surface area contributed by atoms with Gasteiger partial charge >= 0.3 is 0 Å².